The first kappa shape index (κ1) is 30.9. The van der Waals surface area contributed by atoms with Gasteiger partial charge in [-0.15, -0.1) is 0 Å². The van der Waals surface area contributed by atoms with Gasteiger partial charge < -0.3 is 20.8 Å². The molecular weight excluding hydrogens is 504 g/mol. The second-order valence-electron chi connectivity index (χ2n) is 12.8. The Kier molecular flexibility index (Phi) is 9.44. The average molecular weight is 549 g/mol. The van der Waals surface area contributed by atoms with Crippen LogP contribution in [0.5, 0.6) is 11.5 Å². The number of nitrogens with one attached hydrogen (secondary N) is 2. The number of rotatable bonds is 6. The average Bonchev–Trinajstić information content (AvgIpc) is 2.83. The van der Waals surface area contributed by atoms with Crippen LogP contribution in [0.2, 0.25) is 0 Å². The van der Waals surface area contributed by atoms with Crippen molar-refractivity contribution in [3.63, 3.8) is 0 Å². The molecule has 0 spiro atoms. The molecule has 1 fully saturated rings. The Balaban J connectivity index is 1.95. The van der Waals surface area contributed by atoms with Gasteiger partial charge in [0.15, 0.2) is 0 Å². The predicted molar refractivity (Wildman–Crippen MR) is 163 cm³/mol. The van der Waals surface area contributed by atoms with Crippen LogP contribution in [0.4, 0.5) is 11.4 Å². The number of amides is 2. The van der Waals surface area contributed by atoms with Crippen LogP contribution in [0.3, 0.4) is 0 Å². The van der Waals surface area contributed by atoms with Crippen molar-refractivity contribution >= 4 is 35.6 Å². The van der Waals surface area contributed by atoms with E-state index in [9.17, 15) is 19.8 Å². The monoisotopic (exact) mass is 548 g/mol. The van der Waals surface area contributed by atoms with E-state index in [1.807, 2.05) is 12.1 Å². The third-order valence-corrected chi connectivity index (χ3v) is 7.14. The number of hydrogen-bond donors (Lipinski definition) is 4. The number of nitrogens with zero attached hydrogens (tertiary/aromatic N) is 2. The third-order valence-electron chi connectivity index (χ3n) is 7.14. The molecule has 216 valence electrons. The van der Waals surface area contributed by atoms with Gasteiger partial charge in [0.2, 0.25) is 11.8 Å². The van der Waals surface area contributed by atoms with Crippen molar-refractivity contribution in [1.29, 1.82) is 0 Å². The molecule has 0 unspecified atom stereocenters. The Morgan fingerprint density at radius 1 is 0.725 bits per heavy atom. The molecule has 1 aliphatic carbocycles. The van der Waals surface area contributed by atoms with E-state index in [4.69, 9.17) is 9.98 Å². The molecule has 40 heavy (non-hydrogen) atoms. The SMILES string of the molecule is CC(=O)Nc1cc(C(C)(C)C)cc(C=N[C@H]2CCCC[C@H]2N=Cc2cc(C(C)(C)C)cc(NC(C)=O)c2O)c1O. The van der Waals surface area contributed by atoms with Gasteiger partial charge in [0.25, 0.3) is 0 Å². The summed E-state index contributed by atoms with van der Waals surface area (Å²) in [5, 5.41) is 27.2. The Morgan fingerprint density at radius 2 is 1.07 bits per heavy atom. The van der Waals surface area contributed by atoms with Crippen molar-refractivity contribution in [2.45, 2.75) is 104 Å². The fourth-order valence-electron chi connectivity index (χ4n) is 4.74. The Hall–Kier alpha value is -3.68. The largest absolute Gasteiger partial charge is 0.505 e. The summed E-state index contributed by atoms with van der Waals surface area (Å²) in [7, 11) is 0. The minimum absolute atomic E-state index is 0.0165. The Morgan fingerprint density at radius 3 is 1.38 bits per heavy atom. The van der Waals surface area contributed by atoms with Gasteiger partial charge in [-0.25, -0.2) is 0 Å². The highest BCUT2D eigenvalue weighted by atomic mass is 16.3. The van der Waals surface area contributed by atoms with Gasteiger partial charge in [-0.3, -0.25) is 19.6 Å². The summed E-state index contributed by atoms with van der Waals surface area (Å²) in [6, 6.07) is 7.21. The van der Waals surface area contributed by atoms with Gasteiger partial charge in [0.1, 0.15) is 11.5 Å². The summed E-state index contributed by atoms with van der Waals surface area (Å²) < 4.78 is 0. The molecule has 8 nitrogen and oxygen atoms in total. The van der Waals surface area contributed by atoms with Crippen molar-refractivity contribution in [3.05, 3.63) is 46.5 Å². The van der Waals surface area contributed by atoms with E-state index in [2.05, 4.69) is 52.2 Å². The summed E-state index contributed by atoms with van der Waals surface area (Å²) >= 11 is 0. The lowest BCUT2D eigenvalue weighted by atomic mass is 9.85. The van der Waals surface area contributed by atoms with Crippen LogP contribution in [0.25, 0.3) is 0 Å². The lowest BCUT2D eigenvalue weighted by Crippen LogP contribution is -2.27. The number of aliphatic imine (C=N–C) groups is 2. The Bertz CT molecular complexity index is 1210. The highest BCUT2D eigenvalue weighted by Crippen LogP contribution is 2.36. The first-order valence-electron chi connectivity index (χ1n) is 13.9. The molecule has 1 aliphatic rings. The molecular formula is C32H44N4O4. The smallest absolute Gasteiger partial charge is 0.221 e. The summed E-state index contributed by atoms with van der Waals surface area (Å²) in [5.74, 6) is -0.549. The van der Waals surface area contributed by atoms with Crippen LogP contribution in [0, 0.1) is 0 Å². The van der Waals surface area contributed by atoms with E-state index in [-0.39, 0.29) is 46.2 Å². The molecule has 2 amide bonds. The molecule has 0 saturated heterocycles. The van der Waals surface area contributed by atoms with E-state index >= 15 is 0 Å². The second kappa shape index (κ2) is 12.2. The third kappa shape index (κ3) is 7.93. The first-order valence-corrected chi connectivity index (χ1v) is 13.9. The first-order chi connectivity index (χ1) is 18.6. The van der Waals surface area contributed by atoms with E-state index in [1.54, 1.807) is 24.6 Å². The molecule has 0 aromatic heterocycles. The molecule has 0 aliphatic heterocycles. The summed E-state index contributed by atoms with van der Waals surface area (Å²) in [6.07, 6.45) is 7.11. The van der Waals surface area contributed by atoms with Crippen molar-refractivity contribution < 1.29 is 19.8 Å². The summed E-state index contributed by atoms with van der Waals surface area (Å²) in [6.45, 7) is 15.3. The van der Waals surface area contributed by atoms with Gasteiger partial charge in [0, 0.05) is 37.4 Å². The summed E-state index contributed by atoms with van der Waals surface area (Å²) in [4.78, 5) is 33.2. The second-order valence-corrected chi connectivity index (χ2v) is 12.8. The zero-order valence-electron chi connectivity index (χ0n) is 25.1. The number of phenols is 2. The van der Waals surface area contributed by atoms with E-state index in [0.717, 1.165) is 36.8 Å². The fourth-order valence-corrected chi connectivity index (χ4v) is 4.74. The van der Waals surface area contributed by atoms with Crippen LogP contribution in [-0.4, -0.2) is 46.5 Å². The minimum atomic E-state index is -0.258. The molecule has 4 N–H and O–H groups in total. The van der Waals surface area contributed by atoms with Gasteiger partial charge in [-0.05, 0) is 59.1 Å². The number of phenolic OH excluding ortho intramolecular Hbond substituents is 2. The molecule has 3 rings (SSSR count). The molecule has 2 aromatic rings. The number of hydrogen-bond acceptors (Lipinski definition) is 6. The highest BCUT2D eigenvalue weighted by molar-refractivity contribution is 5.96. The normalized spacial score (nSPS) is 18.3. The molecule has 2 atom stereocenters. The maximum absolute atomic E-state index is 11.7. The number of carbonyl (C=O) groups excluding carboxylic acids is 2. The van der Waals surface area contributed by atoms with Crippen molar-refractivity contribution in [1.82, 2.24) is 0 Å². The lowest BCUT2D eigenvalue weighted by Gasteiger charge is -2.26. The topological polar surface area (TPSA) is 123 Å². The lowest BCUT2D eigenvalue weighted by molar-refractivity contribution is -0.115. The maximum Gasteiger partial charge on any atom is 0.221 e. The van der Waals surface area contributed by atoms with Crippen LogP contribution in [-0.2, 0) is 20.4 Å². The number of benzene rings is 2. The molecule has 0 heterocycles. The van der Waals surface area contributed by atoms with Crippen molar-refractivity contribution in [2.24, 2.45) is 9.98 Å². The molecule has 1 saturated carbocycles. The molecule has 0 bridgehead atoms. The van der Waals surface area contributed by atoms with Gasteiger partial charge in [-0.2, -0.15) is 0 Å². The fraction of sp³-hybridized carbons (Fsp3) is 0.500. The number of carbonyl (C=O) groups is 2. The van der Waals surface area contributed by atoms with Gasteiger partial charge >= 0.3 is 0 Å². The van der Waals surface area contributed by atoms with Gasteiger partial charge in [0.05, 0.1) is 23.5 Å². The van der Waals surface area contributed by atoms with E-state index < -0.39 is 0 Å². The van der Waals surface area contributed by atoms with Crippen LogP contribution in [0.15, 0.2) is 34.3 Å². The van der Waals surface area contributed by atoms with Crippen LogP contribution >= 0.6 is 0 Å². The van der Waals surface area contributed by atoms with E-state index in [1.165, 1.54) is 13.8 Å². The van der Waals surface area contributed by atoms with Crippen molar-refractivity contribution in [2.75, 3.05) is 10.6 Å². The maximum atomic E-state index is 11.7. The zero-order valence-corrected chi connectivity index (χ0v) is 25.1. The number of aromatic hydroxyl groups is 2. The van der Waals surface area contributed by atoms with Crippen LogP contribution < -0.4 is 10.6 Å². The van der Waals surface area contributed by atoms with Gasteiger partial charge in [-0.1, -0.05) is 54.4 Å². The standard InChI is InChI=1S/C32H44N4O4/c1-19(37)35-27-15-23(31(3,4)5)13-21(29(27)39)17-33-25-11-9-10-12-26(25)34-18-22-14-24(32(6,7)8)16-28(30(22)40)36-20(2)38/h13-18,25-26,39-40H,9-12H2,1-8H3,(H,35,37)(H,36,38)/t25-,26+. The molecule has 0 radical (unpaired) electrons. The zero-order chi connectivity index (χ0) is 29.8. The molecule has 2 aromatic carbocycles. The summed E-state index contributed by atoms with van der Waals surface area (Å²) in [5.41, 5.74) is 3.37. The predicted octanol–water partition coefficient (Wildman–Crippen LogP) is 6.46. The van der Waals surface area contributed by atoms with E-state index in [0.29, 0.717) is 22.5 Å². The van der Waals surface area contributed by atoms with Crippen molar-refractivity contribution in [3.8, 4) is 11.5 Å². The number of anilines is 2. The highest BCUT2D eigenvalue weighted by Gasteiger charge is 2.25. The Labute approximate surface area is 238 Å². The molecule has 8 heteroatoms. The quantitative estimate of drug-likeness (QED) is 0.244. The minimum Gasteiger partial charge on any atom is -0.505 e. The van der Waals surface area contributed by atoms with Crippen LogP contribution in [0.1, 0.15) is 103 Å².